The Bertz CT molecular complexity index is 579. The molecule has 1 aliphatic rings. The Morgan fingerprint density at radius 1 is 1.26 bits per heavy atom. The Morgan fingerprint density at radius 2 is 1.95 bits per heavy atom. The summed E-state index contributed by atoms with van der Waals surface area (Å²) in [5.74, 6) is -0.581. The third-order valence-electron chi connectivity index (χ3n) is 2.61. The lowest BCUT2D eigenvalue weighted by Gasteiger charge is -2.07. The summed E-state index contributed by atoms with van der Waals surface area (Å²) in [6.45, 7) is 0. The highest BCUT2D eigenvalue weighted by Gasteiger charge is 2.32. The first-order valence-corrected chi connectivity index (χ1v) is 5.27. The standard InChI is InChI=1S/C12H9F3N2O2/c1-17-10(18)9(16-11(17)19)6-7-3-2-4-8(5-7)12(13,14)15/h2-6H,1H3,(H,16,19)/b9-6+. The maximum absolute atomic E-state index is 12.5. The third-order valence-corrected chi connectivity index (χ3v) is 2.61. The smallest absolute Gasteiger partial charge is 0.303 e. The van der Waals surface area contributed by atoms with E-state index in [0.717, 1.165) is 17.0 Å². The predicted octanol–water partition coefficient (Wildman–Crippen LogP) is 2.23. The number of benzene rings is 1. The van der Waals surface area contributed by atoms with Crippen LogP contribution in [0.5, 0.6) is 0 Å². The molecule has 7 heteroatoms. The molecule has 3 amide bonds. The van der Waals surface area contributed by atoms with Crippen LogP contribution in [-0.2, 0) is 11.0 Å². The Hall–Kier alpha value is -2.31. The first-order chi connectivity index (χ1) is 8.79. The summed E-state index contributed by atoms with van der Waals surface area (Å²) in [4.78, 5) is 23.6. The van der Waals surface area contributed by atoms with E-state index in [2.05, 4.69) is 5.32 Å². The van der Waals surface area contributed by atoms with E-state index in [0.29, 0.717) is 0 Å². The molecule has 0 aliphatic carbocycles. The molecule has 1 saturated heterocycles. The molecule has 1 aromatic carbocycles. The quantitative estimate of drug-likeness (QED) is 0.628. The van der Waals surface area contributed by atoms with Crippen molar-refractivity contribution in [2.45, 2.75) is 6.18 Å². The minimum atomic E-state index is -4.45. The maximum Gasteiger partial charge on any atom is 0.416 e. The van der Waals surface area contributed by atoms with Crippen LogP contribution in [0.1, 0.15) is 11.1 Å². The van der Waals surface area contributed by atoms with E-state index in [9.17, 15) is 22.8 Å². The molecule has 2 rings (SSSR count). The van der Waals surface area contributed by atoms with Gasteiger partial charge in [0.15, 0.2) is 0 Å². The van der Waals surface area contributed by atoms with Gasteiger partial charge in [-0.3, -0.25) is 9.69 Å². The molecule has 19 heavy (non-hydrogen) atoms. The van der Waals surface area contributed by atoms with Gasteiger partial charge in [-0.25, -0.2) is 4.79 Å². The molecule has 1 heterocycles. The number of amides is 3. The van der Waals surface area contributed by atoms with Crippen LogP contribution in [0.2, 0.25) is 0 Å². The number of hydrogen-bond donors (Lipinski definition) is 1. The second kappa shape index (κ2) is 4.42. The Morgan fingerprint density at radius 3 is 2.47 bits per heavy atom. The molecule has 1 aliphatic heterocycles. The van der Waals surface area contributed by atoms with Gasteiger partial charge in [0.2, 0.25) is 0 Å². The van der Waals surface area contributed by atoms with E-state index in [1.807, 2.05) is 0 Å². The van der Waals surface area contributed by atoms with Crippen molar-refractivity contribution in [3.63, 3.8) is 0 Å². The van der Waals surface area contributed by atoms with Crippen LogP contribution in [0.25, 0.3) is 6.08 Å². The van der Waals surface area contributed by atoms with Crippen LogP contribution in [-0.4, -0.2) is 23.9 Å². The number of halogens is 3. The number of nitrogens with zero attached hydrogens (tertiary/aromatic N) is 1. The van der Waals surface area contributed by atoms with E-state index in [1.165, 1.54) is 25.3 Å². The van der Waals surface area contributed by atoms with Gasteiger partial charge in [0, 0.05) is 7.05 Å². The summed E-state index contributed by atoms with van der Waals surface area (Å²) >= 11 is 0. The number of hydrogen-bond acceptors (Lipinski definition) is 2. The monoisotopic (exact) mass is 270 g/mol. The lowest BCUT2D eigenvalue weighted by Crippen LogP contribution is -2.25. The van der Waals surface area contributed by atoms with Crippen LogP contribution in [0.4, 0.5) is 18.0 Å². The fraction of sp³-hybridized carbons (Fsp3) is 0.167. The molecule has 0 saturated carbocycles. The third kappa shape index (κ3) is 2.59. The summed E-state index contributed by atoms with van der Waals surface area (Å²) in [6, 6.07) is 3.89. The van der Waals surface area contributed by atoms with Gasteiger partial charge in [-0.2, -0.15) is 13.2 Å². The lowest BCUT2D eigenvalue weighted by atomic mass is 10.1. The van der Waals surface area contributed by atoms with E-state index in [1.54, 1.807) is 0 Å². The van der Waals surface area contributed by atoms with Crippen LogP contribution >= 0.6 is 0 Å². The first-order valence-electron chi connectivity index (χ1n) is 5.27. The number of nitrogens with one attached hydrogen (secondary N) is 1. The number of rotatable bonds is 1. The van der Waals surface area contributed by atoms with E-state index >= 15 is 0 Å². The SMILES string of the molecule is CN1C(=O)N/C(=C/c2cccc(C(F)(F)F)c2)C1=O. The highest BCUT2D eigenvalue weighted by atomic mass is 19.4. The summed E-state index contributed by atoms with van der Waals surface area (Å²) in [5.41, 5.74) is -0.674. The number of carbonyl (C=O) groups excluding carboxylic acids is 2. The summed E-state index contributed by atoms with van der Waals surface area (Å²) in [5, 5.41) is 2.28. The van der Waals surface area contributed by atoms with Crippen molar-refractivity contribution < 1.29 is 22.8 Å². The molecular formula is C12H9F3N2O2. The molecule has 100 valence electrons. The van der Waals surface area contributed by atoms with Gasteiger partial charge >= 0.3 is 12.2 Å². The normalized spacial score (nSPS) is 18.1. The Balaban J connectivity index is 2.34. The molecule has 0 aromatic heterocycles. The van der Waals surface area contributed by atoms with Gasteiger partial charge in [-0.15, -0.1) is 0 Å². The topological polar surface area (TPSA) is 49.4 Å². The fourth-order valence-electron chi connectivity index (χ4n) is 1.59. The summed E-state index contributed by atoms with van der Waals surface area (Å²) in [7, 11) is 1.28. The van der Waals surface area contributed by atoms with Crippen LogP contribution in [0.3, 0.4) is 0 Å². The number of urea groups is 1. The highest BCUT2D eigenvalue weighted by molar-refractivity contribution is 6.13. The first kappa shape index (κ1) is 13.1. The van der Waals surface area contributed by atoms with Gasteiger partial charge in [0.25, 0.3) is 5.91 Å². The van der Waals surface area contributed by atoms with Gasteiger partial charge in [0.05, 0.1) is 5.56 Å². The second-order valence-corrected chi connectivity index (χ2v) is 3.98. The van der Waals surface area contributed by atoms with E-state index in [-0.39, 0.29) is 11.3 Å². The van der Waals surface area contributed by atoms with Gasteiger partial charge in [-0.1, -0.05) is 12.1 Å². The minimum absolute atomic E-state index is 0.0492. The van der Waals surface area contributed by atoms with Crippen molar-refractivity contribution in [3.8, 4) is 0 Å². The maximum atomic E-state index is 12.5. The molecule has 1 aromatic rings. The van der Waals surface area contributed by atoms with Crippen molar-refractivity contribution in [2.75, 3.05) is 7.05 Å². The van der Waals surface area contributed by atoms with E-state index < -0.39 is 23.7 Å². The van der Waals surface area contributed by atoms with Crippen molar-refractivity contribution in [1.82, 2.24) is 10.2 Å². The minimum Gasteiger partial charge on any atom is -0.303 e. The van der Waals surface area contributed by atoms with Crippen LogP contribution in [0, 0.1) is 0 Å². The molecular weight excluding hydrogens is 261 g/mol. The molecule has 0 atom stereocenters. The Labute approximate surface area is 106 Å². The zero-order valence-corrected chi connectivity index (χ0v) is 9.78. The molecule has 1 fully saturated rings. The average molecular weight is 270 g/mol. The van der Waals surface area contributed by atoms with Crippen LogP contribution < -0.4 is 5.32 Å². The number of likely N-dealkylation sites (N-methyl/N-ethyl adjacent to an activating group) is 1. The number of alkyl halides is 3. The molecule has 0 unspecified atom stereocenters. The van der Waals surface area contributed by atoms with Crippen molar-refractivity contribution in [2.24, 2.45) is 0 Å². The van der Waals surface area contributed by atoms with Crippen molar-refractivity contribution >= 4 is 18.0 Å². The van der Waals surface area contributed by atoms with Crippen LogP contribution in [0.15, 0.2) is 30.0 Å². The van der Waals surface area contributed by atoms with Gasteiger partial charge in [-0.05, 0) is 23.8 Å². The van der Waals surface area contributed by atoms with Crippen molar-refractivity contribution in [3.05, 3.63) is 41.1 Å². The Kier molecular flexibility index (Phi) is 3.05. The molecule has 4 nitrogen and oxygen atoms in total. The summed E-state index contributed by atoms with van der Waals surface area (Å²) < 4.78 is 37.5. The summed E-state index contributed by atoms with van der Waals surface area (Å²) in [6.07, 6.45) is -3.24. The van der Waals surface area contributed by atoms with E-state index in [4.69, 9.17) is 0 Å². The molecule has 1 N–H and O–H groups in total. The highest BCUT2D eigenvalue weighted by Crippen LogP contribution is 2.30. The zero-order valence-electron chi connectivity index (χ0n) is 9.78. The zero-order chi connectivity index (χ0) is 14.2. The molecule has 0 spiro atoms. The lowest BCUT2D eigenvalue weighted by molar-refractivity contribution is -0.137. The number of imide groups is 1. The molecule has 0 bridgehead atoms. The average Bonchev–Trinajstić information content (AvgIpc) is 2.56. The van der Waals surface area contributed by atoms with Gasteiger partial charge < -0.3 is 5.32 Å². The second-order valence-electron chi connectivity index (χ2n) is 3.98. The largest absolute Gasteiger partial charge is 0.416 e. The fourth-order valence-corrected chi connectivity index (χ4v) is 1.59. The van der Waals surface area contributed by atoms with Gasteiger partial charge in [0.1, 0.15) is 5.70 Å². The predicted molar refractivity (Wildman–Crippen MR) is 60.7 cm³/mol. The molecule has 0 radical (unpaired) electrons. The van der Waals surface area contributed by atoms with Crippen molar-refractivity contribution in [1.29, 1.82) is 0 Å². The number of carbonyl (C=O) groups is 2.